The van der Waals surface area contributed by atoms with Crippen molar-refractivity contribution < 1.29 is 19.1 Å². The van der Waals surface area contributed by atoms with Crippen LogP contribution in [0.15, 0.2) is 24.3 Å². The van der Waals surface area contributed by atoms with Crippen LogP contribution in [0.25, 0.3) is 0 Å². The molecule has 0 spiro atoms. The number of para-hydroxylation sites is 1. The Balaban J connectivity index is 2.00. The fourth-order valence-corrected chi connectivity index (χ4v) is 2.54. The molecule has 0 saturated heterocycles. The van der Waals surface area contributed by atoms with Gasteiger partial charge in [-0.25, -0.2) is 0 Å². The molecule has 0 radical (unpaired) electrons. The van der Waals surface area contributed by atoms with Crippen LogP contribution in [0.3, 0.4) is 0 Å². The van der Waals surface area contributed by atoms with E-state index in [9.17, 15) is 9.59 Å². The van der Waals surface area contributed by atoms with Gasteiger partial charge in [0, 0.05) is 18.8 Å². The van der Waals surface area contributed by atoms with Crippen LogP contribution in [-0.4, -0.2) is 39.2 Å². The number of ether oxygens (including phenoxy) is 2. The predicted octanol–water partition coefficient (Wildman–Crippen LogP) is 1.40. The quantitative estimate of drug-likeness (QED) is 0.601. The van der Waals surface area contributed by atoms with Gasteiger partial charge in [-0.1, -0.05) is 18.2 Å². The first kappa shape index (κ1) is 14.4. The van der Waals surface area contributed by atoms with Crippen molar-refractivity contribution in [2.24, 2.45) is 5.92 Å². The molecule has 0 atom stereocenters. The molecule has 1 aromatic rings. The lowest BCUT2D eigenvalue weighted by molar-refractivity contribution is -0.158. The minimum atomic E-state index is -0.849. The summed E-state index contributed by atoms with van der Waals surface area (Å²) in [6, 6.07) is 8.18. The summed E-state index contributed by atoms with van der Waals surface area (Å²) in [5.74, 6) is -1.92. The smallest absolute Gasteiger partial charge is 0.320 e. The van der Waals surface area contributed by atoms with Crippen LogP contribution in [0.5, 0.6) is 0 Å². The van der Waals surface area contributed by atoms with Gasteiger partial charge in [-0.3, -0.25) is 9.59 Å². The second-order valence-electron chi connectivity index (χ2n) is 4.75. The molecule has 5 heteroatoms. The van der Waals surface area contributed by atoms with Gasteiger partial charge < -0.3 is 14.4 Å². The number of carbonyl (C=O) groups excluding carboxylic acids is 2. The maximum Gasteiger partial charge on any atom is 0.320 e. The number of fused-ring (bicyclic) bond motifs is 1. The van der Waals surface area contributed by atoms with Crippen molar-refractivity contribution in [1.82, 2.24) is 0 Å². The molecular formula is C15H19NO4. The van der Waals surface area contributed by atoms with Crippen molar-refractivity contribution >= 4 is 17.6 Å². The minimum Gasteiger partial charge on any atom is -0.468 e. The third kappa shape index (κ3) is 2.92. The van der Waals surface area contributed by atoms with E-state index in [0.29, 0.717) is 13.0 Å². The van der Waals surface area contributed by atoms with E-state index in [1.54, 1.807) is 0 Å². The number of nitrogens with zero attached hydrogens (tertiary/aromatic N) is 1. The Kier molecular flexibility index (Phi) is 4.61. The normalized spacial score (nSPS) is 13.2. The zero-order valence-corrected chi connectivity index (χ0v) is 11.8. The van der Waals surface area contributed by atoms with Crippen molar-refractivity contribution in [2.45, 2.75) is 12.8 Å². The molecule has 1 aliphatic heterocycles. The molecule has 0 aromatic heterocycles. The lowest BCUT2D eigenvalue weighted by atomic mass is 10.1. The maximum absolute atomic E-state index is 11.6. The molecule has 0 N–H and O–H groups in total. The monoisotopic (exact) mass is 277 g/mol. The van der Waals surface area contributed by atoms with Crippen LogP contribution < -0.4 is 4.90 Å². The summed E-state index contributed by atoms with van der Waals surface area (Å²) < 4.78 is 9.32. The molecule has 20 heavy (non-hydrogen) atoms. The van der Waals surface area contributed by atoms with Gasteiger partial charge in [0.15, 0.2) is 5.92 Å². The average Bonchev–Trinajstić information content (AvgIpc) is 2.90. The Morgan fingerprint density at radius 1 is 1.20 bits per heavy atom. The second-order valence-corrected chi connectivity index (χ2v) is 4.75. The van der Waals surface area contributed by atoms with Gasteiger partial charge in [0.05, 0.1) is 14.2 Å². The highest BCUT2D eigenvalue weighted by Crippen LogP contribution is 2.28. The van der Waals surface area contributed by atoms with E-state index < -0.39 is 17.9 Å². The molecule has 2 rings (SSSR count). The summed E-state index contributed by atoms with van der Waals surface area (Å²) in [6.07, 6.45) is 1.39. The van der Waals surface area contributed by atoms with Gasteiger partial charge in [-0.2, -0.15) is 0 Å². The molecule has 5 nitrogen and oxygen atoms in total. The van der Waals surface area contributed by atoms with Crippen LogP contribution in [0.2, 0.25) is 0 Å². The second kappa shape index (κ2) is 6.41. The standard InChI is InChI=1S/C15H19NO4/c1-19-14(17)12(15(18)20-2)8-10-16-9-7-11-5-3-4-6-13(11)16/h3-6,12H,7-10H2,1-2H3. The summed E-state index contributed by atoms with van der Waals surface area (Å²) in [5.41, 5.74) is 2.49. The molecule has 0 amide bonds. The molecule has 1 aliphatic rings. The Morgan fingerprint density at radius 3 is 2.50 bits per heavy atom. The van der Waals surface area contributed by atoms with E-state index in [1.165, 1.54) is 25.5 Å². The molecule has 1 aromatic carbocycles. The number of rotatable bonds is 5. The lowest BCUT2D eigenvalue weighted by Crippen LogP contribution is -2.32. The summed E-state index contributed by atoms with van der Waals surface area (Å²) in [4.78, 5) is 25.4. The van der Waals surface area contributed by atoms with Crippen LogP contribution in [0, 0.1) is 5.92 Å². The largest absolute Gasteiger partial charge is 0.468 e. The third-order valence-corrected chi connectivity index (χ3v) is 3.64. The van der Waals surface area contributed by atoms with Crippen molar-refractivity contribution in [3.63, 3.8) is 0 Å². The molecule has 0 saturated carbocycles. The number of benzene rings is 1. The third-order valence-electron chi connectivity index (χ3n) is 3.64. The van der Waals surface area contributed by atoms with Crippen LogP contribution in [-0.2, 0) is 25.5 Å². The molecule has 108 valence electrons. The predicted molar refractivity (Wildman–Crippen MR) is 74.5 cm³/mol. The number of carbonyl (C=O) groups is 2. The van der Waals surface area contributed by atoms with Gasteiger partial charge in [0.25, 0.3) is 0 Å². The molecule has 0 aliphatic carbocycles. The Morgan fingerprint density at radius 2 is 1.85 bits per heavy atom. The summed E-state index contributed by atoms with van der Waals surface area (Å²) >= 11 is 0. The zero-order chi connectivity index (χ0) is 14.5. The fraction of sp³-hybridized carbons (Fsp3) is 0.467. The number of esters is 2. The number of methoxy groups -OCH3 is 2. The minimum absolute atomic E-state index is 0.397. The van der Waals surface area contributed by atoms with E-state index in [0.717, 1.165) is 13.0 Å². The Bertz CT molecular complexity index is 484. The fourth-order valence-electron chi connectivity index (χ4n) is 2.54. The van der Waals surface area contributed by atoms with Crippen molar-refractivity contribution in [1.29, 1.82) is 0 Å². The van der Waals surface area contributed by atoms with E-state index in [4.69, 9.17) is 0 Å². The Hall–Kier alpha value is -2.04. The first-order valence-electron chi connectivity index (χ1n) is 6.66. The van der Waals surface area contributed by atoms with Gasteiger partial charge >= 0.3 is 11.9 Å². The van der Waals surface area contributed by atoms with Crippen molar-refractivity contribution in [3.05, 3.63) is 29.8 Å². The van der Waals surface area contributed by atoms with Gasteiger partial charge in [-0.05, 0) is 24.5 Å². The SMILES string of the molecule is COC(=O)C(CCN1CCc2ccccc21)C(=O)OC. The molecular weight excluding hydrogens is 258 g/mol. The van der Waals surface area contributed by atoms with Crippen LogP contribution >= 0.6 is 0 Å². The highest BCUT2D eigenvalue weighted by Gasteiger charge is 2.30. The average molecular weight is 277 g/mol. The molecule has 0 unspecified atom stereocenters. The highest BCUT2D eigenvalue weighted by atomic mass is 16.5. The maximum atomic E-state index is 11.6. The summed E-state index contributed by atoms with van der Waals surface area (Å²) in [6.45, 7) is 1.54. The molecule has 0 fully saturated rings. The van der Waals surface area contributed by atoms with E-state index in [1.807, 2.05) is 12.1 Å². The van der Waals surface area contributed by atoms with Crippen LogP contribution in [0.4, 0.5) is 5.69 Å². The van der Waals surface area contributed by atoms with E-state index in [-0.39, 0.29) is 0 Å². The first-order valence-corrected chi connectivity index (χ1v) is 6.66. The number of anilines is 1. The van der Waals surface area contributed by atoms with E-state index in [2.05, 4.69) is 26.5 Å². The Labute approximate surface area is 118 Å². The number of hydrogen-bond donors (Lipinski definition) is 0. The van der Waals surface area contributed by atoms with E-state index >= 15 is 0 Å². The van der Waals surface area contributed by atoms with Crippen LogP contribution in [0.1, 0.15) is 12.0 Å². The van der Waals surface area contributed by atoms with Gasteiger partial charge in [-0.15, -0.1) is 0 Å². The van der Waals surface area contributed by atoms with Gasteiger partial charge in [0.2, 0.25) is 0 Å². The first-order chi connectivity index (χ1) is 9.67. The van der Waals surface area contributed by atoms with Gasteiger partial charge in [0.1, 0.15) is 0 Å². The van der Waals surface area contributed by atoms with Crippen molar-refractivity contribution in [2.75, 3.05) is 32.2 Å². The topological polar surface area (TPSA) is 55.8 Å². The zero-order valence-electron chi connectivity index (χ0n) is 11.8. The summed E-state index contributed by atoms with van der Waals surface area (Å²) in [7, 11) is 2.56. The lowest BCUT2D eigenvalue weighted by Gasteiger charge is -2.21. The van der Waals surface area contributed by atoms with Crippen molar-refractivity contribution in [3.8, 4) is 0 Å². The molecule has 1 heterocycles. The summed E-state index contributed by atoms with van der Waals surface area (Å²) in [5, 5.41) is 0. The molecule has 0 bridgehead atoms. The number of hydrogen-bond acceptors (Lipinski definition) is 5. The highest BCUT2D eigenvalue weighted by molar-refractivity contribution is 5.94.